The van der Waals surface area contributed by atoms with Crippen molar-refractivity contribution in [3.05, 3.63) is 102 Å². The third kappa shape index (κ3) is 9.84. The summed E-state index contributed by atoms with van der Waals surface area (Å²) in [6.45, 7) is 10.6. The topological polar surface area (TPSA) is 159 Å². The van der Waals surface area contributed by atoms with Crippen molar-refractivity contribution in [1.29, 1.82) is 5.26 Å². The molecule has 4 aromatic carbocycles. The van der Waals surface area contributed by atoms with Crippen molar-refractivity contribution in [1.82, 2.24) is 15.2 Å². The van der Waals surface area contributed by atoms with Crippen molar-refractivity contribution in [2.24, 2.45) is 0 Å². The number of nitriles is 1. The van der Waals surface area contributed by atoms with E-state index >= 15 is 0 Å². The van der Waals surface area contributed by atoms with E-state index in [1.807, 2.05) is 36.4 Å². The third-order valence-electron chi connectivity index (χ3n) is 9.34. The van der Waals surface area contributed by atoms with E-state index in [1.54, 1.807) is 55.8 Å². The Hall–Kier alpha value is -6.36. The zero-order valence-electron chi connectivity index (χ0n) is 32.3. The van der Waals surface area contributed by atoms with Gasteiger partial charge in [0.2, 0.25) is 0 Å². The van der Waals surface area contributed by atoms with Crippen molar-refractivity contribution in [3.63, 3.8) is 0 Å². The molecule has 0 saturated carbocycles. The van der Waals surface area contributed by atoms with E-state index in [1.165, 1.54) is 7.11 Å². The number of fused-ring (bicyclic) bond motifs is 1. The van der Waals surface area contributed by atoms with Gasteiger partial charge in [0, 0.05) is 72.1 Å². The maximum atomic E-state index is 13.5. The zero-order valence-corrected chi connectivity index (χ0v) is 32.3. The minimum Gasteiger partial charge on any atom is -0.497 e. The van der Waals surface area contributed by atoms with Crippen LogP contribution in [0.25, 0.3) is 10.8 Å². The number of methoxy groups -OCH3 is 2. The minimum atomic E-state index is -0.466. The van der Waals surface area contributed by atoms with Crippen LogP contribution in [0.3, 0.4) is 0 Å². The van der Waals surface area contributed by atoms with Crippen LogP contribution in [-0.2, 0) is 16.6 Å². The number of hydrogen-bond donors (Lipinski definition) is 4. The van der Waals surface area contributed by atoms with E-state index in [-0.39, 0.29) is 17.7 Å². The second-order valence-electron chi connectivity index (χ2n) is 14.3. The molecule has 4 N–H and O–H groups in total. The number of nitrogens with one attached hydrogen (secondary N) is 4. The molecule has 1 saturated heterocycles. The van der Waals surface area contributed by atoms with Crippen LogP contribution in [0, 0.1) is 11.3 Å². The first-order chi connectivity index (χ1) is 27.0. The second kappa shape index (κ2) is 17.9. The largest absolute Gasteiger partial charge is 0.497 e. The van der Waals surface area contributed by atoms with E-state index in [2.05, 4.69) is 58.0 Å². The number of hydrogen-bond acceptors (Lipinski definition) is 10. The molecule has 6 rings (SSSR count). The average molecular weight is 758 g/mol. The molecule has 0 bridgehead atoms. The van der Waals surface area contributed by atoms with Gasteiger partial charge in [0.1, 0.15) is 28.8 Å². The maximum absolute atomic E-state index is 13.5. The van der Waals surface area contributed by atoms with Gasteiger partial charge in [0.15, 0.2) is 0 Å². The van der Waals surface area contributed by atoms with Gasteiger partial charge in [-0.15, -0.1) is 0 Å². The van der Waals surface area contributed by atoms with Crippen LogP contribution in [0.4, 0.5) is 27.7 Å². The molecule has 3 amide bonds. The molecule has 0 radical (unpaired) electrons. The molecule has 290 valence electrons. The summed E-state index contributed by atoms with van der Waals surface area (Å²) in [5.41, 5.74) is 3.57. The fraction of sp³-hybridized carbons (Fsp3) is 0.302. The van der Waals surface area contributed by atoms with Gasteiger partial charge in [-0.25, -0.2) is 9.78 Å². The van der Waals surface area contributed by atoms with Gasteiger partial charge in [0.05, 0.1) is 51.3 Å². The van der Waals surface area contributed by atoms with Crippen molar-refractivity contribution in [3.8, 4) is 29.1 Å². The Morgan fingerprint density at radius 2 is 1.66 bits per heavy atom. The predicted molar refractivity (Wildman–Crippen MR) is 218 cm³/mol. The van der Waals surface area contributed by atoms with Gasteiger partial charge in [-0.05, 0) is 47.4 Å². The van der Waals surface area contributed by atoms with Crippen LogP contribution in [0.1, 0.15) is 42.3 Å². The lowest BCUT2D eigenvalue weighted by atomic mass is 9.85. The molecular formula is C43H47N7O6. The number of ether oxygens (including phenoxy) is 4. The molecule has 1 aliphatic rings. The molecule has 1 aromatic heterocycles. The summed E-state index contributed by atoms with van der Waals surface area (Å²) in [4.78, 5) is 33.3. The molecule has 13 nitrogen and oxygen atoms in total. The van der Waals surface area contributed by atoms with E-state index in [4.69, 9.17) is 18.9 Å². The highest BCUT2D eigenvalue weighted by Gasteiger charge is 2.21. The average Bonchev–Trinajstić information content (AvgIpc) is 3.19. The highest BCUT2D eigenvalue weighted by molar-refractivity contribution is 6.08. The van der Waals surface area contributed by atoms with Crippen molar-refractivity contribution in [2.45, 2.75) is 32.6 Å². The number of rotatable bonds is 13. The van der Waals surface area contributed by atoms with Crippen molar-refractivity contribution < 1.29 is 28.5 Å². The lowest BCUT2D eigenvalue weighted by Gasteiger charge is -2.26. The van der Waals surface area contributed by atoms with Gasteiger partial charge in [-0.3, -0.25) is 9.69 Å². The molecule has 1 aliphatic heterocycles. The first-order valence-electron chi connectivity index (χ1n) is 18.4. The molecule has 2 heterocycles. The number of pyridine rings is 1. The van der Waals surface area contributed by atoms with Crippen LogP contribution in [0.15, 0.2) is 85.1 Å². The minimum absolute atomic E-state index is 0.140. The van der Waals surface area contributed by atoms with E-state index in [0.717, 1.165) is 36.0 Å². The Morgan fingerprint density at radius 1 is 0.893 bits per heavy atom. The zero-order chi connectivity index (χ0) is 39.7. The van der Waals surface area contributed by atoms with Crippen molar-refractivity contribution in [2.75, 3.05) is 69.6 Å². The number of amides is 3. The molecule has 0 spiro atoms. The van der Waals surface area contributed by atoms with Gasteiger partial charge < -0.3 is 40.2 Å². The Kier molecular flexibility index (Phi) is 12.5. The summed E-state index contributed by atoms with van der Waals surface area (Å²) in [5.74, 6) is 2.36. The van der Waals surface area contributed by atoms with E-state index in [9.17, 15) is 14.9 Å². The Balaban J connectivity index is 1.16. The van der Waals surface area contributed by atoms with Crippen LogP contribution in [0.5, 0.6) is 23.0 Å². The summed E-state index contributed by atoms with van der Waals surface area (Å²) in [6, 6.07) is 25.5. The van der Waals surface area contributed by atoms with Crippen LogP contribution in [0.2, 0.25) is 0 Å². The fourth-order valence-corrected chi connectivity index (χ4v) is 6.41. The molecule has 13 heteroatoms. The predicted octanol–water partition coefficient (Wildman–Crippen LogP) is 7.86. The number of anilines is 4. The third-order valence-corrected chi connectivity index (χ3v) is 9.34. The Labute approximate surface area is 326 Å². The van der Waals surface area contributed by atoms with Crippen molar-refractivity contribution >= 4 is 45.6 Å². The van der Waals surface area contributed by atoms with Gasteiger partial charge >= 0.3 is 6.03 Å². The lowest BCUT2D eigenvalue weighted by molar-refractivity contribution is 0.0383. The van der Waals surface area contributed by atoms with Crippen LogP contribution < -0.4 is 35.5 Å². The summed E-state index contributed by atoms with van der Waals surface area (Å²) >= 11 is 0. The fourth-order valence-electron chi connectivity index (χ4n) is 6.41. The van der Waals surface area contributed by atoms with Crippen LogP contribution >= 0.6 is 0 Å². The number of carbonyl (C=O) groups is 2. The number of urea groups is 1. The highest BCUT2D eigenvalue weighted by atomic mass is 16.5. The standard InChI is InChI=1S/C43H47N7O6/c1-43(2,3)30-22-28(12-14-44)40(54-5)37(25-30)49-42(52)48-36-10-11-38(35-9-7-6-8-34(35)36)56-32-13-15-45-39(27-32)47-31-23-29(24-33(26-31)53-4)41(51)46-16-17-50-18-20-55-21-19-50/h6-11,13,15,22-27H,12,16-21H2,1-5H3,(H,45,47)(H,46,51)(H2,48,49,52). The molecule has 56 heavy (non-hydrogen) atoms. The molecule has 0 aliphatic carbocycles. The monoisotopic (exact) mass is 757 g/mol. The van der Waals surface area contributed by atoms with Gasteiger partial charge in [-0.1, -0.05) is 51.1 Å². The number of nitrogens with zero attached hydrogens (tertiary/aromatic N) is 3. The van der Waals surface area contributed by atoms with E-state index in [0.29, 0.717) is 76.8 Å². The highest BCUT2D eigenvalue weighted by Crippen LogP contribution is 2.38. The van der Waals surface area contributed by atoms with Gasteiger partial charge in [0.25, 0.3) is 5.91 Å². The lowest BCUT2D eigenvalue weighted by Crippen LogP contribution is -2.41. The number of aromatic nitrogens is 1. The van der Waals surface area contributed by atoms with Crippen LogP contribution in [-0.4, -0.2) is 75.4 Å². The number of carbonyl (C=O) groups excluding carboxylic acids is 2. The first-order valence-corrected chi connectivity index (χ1v) is 18.4. The molecule has 1 fully saturated rings. The normalized spacial score (nSPS) is 13.0. The summed E-state index contributed by atoms with van der Waals surface area (Å²) in [5, 5.41) is 23.2. The molecule has 5 aromatic rings. The molecule has 0 unspecified atom stereocenters. The number of benzene rings is 4. The number of morpholine rings is 1. The summed E-state index contributed by atoms with van der Waals surface area (Å²) in [6.07, 6.45) is 1.77. The Morgan fingerprint density at radius 3 is 2.39 bits per heavy atom. The Bertz CT molecular complexity index is 2240. The molecule has 0 atom stereocenters. The first kappa shape index (κ1) is 39.3. The summed E-state index contributed by atoms with van der Waals surface area (Å²) in [7, 11) is 3.08. The SMILES string of the molecule is COc1cc(Nc2cc(Oc3ccc(NC(=O)Nc4cc(C(C)(C)C)cc(CC#N)c4OC)c4ccccc34)ccn2)cc(C(=O)NCCN2CCOCC2)c1. The second-order valence-corrected chi connectivity index (χ2v) is 14.3. The van der Waals surface area contributed by atoms with Gasteiger partial charge in [-0.2, -0.15) is 5.26 Å². The summed E-state index contributed by atoms with van der Waals surface area (Å²) < 4.78 is 22.9. The smallest absolute Gasteiger partial charge is 0.323 e. The molecular weight excluding hydrogens is 711 g/mol. The maximum Gasteiger partial charge on any atom is 0.323 e. The van der Waals surface area contributed by atoms with E-state index < -0.39 is 6.03 Å². The quantitative estimate of drug-likeness (QED) is 0.0932.